The predicted molar refractivity (Wildman–Crippen MR) is 358 cm³/mol. The van der Waals surface area contributed by atoms with Gasteiger partial charge in [0.25, 0.3) is 0 Å². The van der Waals surface area contributed by atoms with Gasteiger partial charge in [-0.3, -0.25) is 14.4 Å². The number of hydrogen-bond donors (Lipinski definition) is 0. The second-order valence-electron chi connectivity index (χ2n) is 25.2. The van der Waals surface area contributed by atoms with Crippen LogP contribution in [0.3, 0.4) is 0 Å². The minimum Gasteiger partial charge on any atom is -0.462 e. The zero-order valence-electron chi connectivity index (χ0n) is 55.5. The van der Waals surface area contributed by atoms with E-state index in [2.05, 4.69) is 57.2 Å². The standard InChI is InChI=1S/C76H142O6/c1-4-7-10-13-16-19-21-23-25-27-29-31-33-35-36-37-38-39-40-42-43-45-47-49-51-53-55-57-60-63-66-69-75(78)81-72-73(71-80-74(77)68-65-62-59-18-15-12-9-6-3)82-76(79)70-67-64-61-58-56-54-52-50-48-46-44-41-34-32-30-28-26-24-22-20-17-14-11-8-5-2/h21,23,27,29,33,35,73H,4-20,22,24-26,28,30-32,34,36-72H2,1-3H3/b23-21-,29-27-,35-33-. The van der Waals surface area contributed by atoms with Gasteiger partial charge in [0.1, 0.15) is 13.2 Å². The third-order valence-electron chi connectivity index (χ3n) is 16.9. The van der Waals surface area contributed by atoms with Crippen LogP contribution in [0.1, 0.15) is 412 Å². The summed E-state index contributed by atoms with van der Waals surface area (Å²) in [5.41, 5.74) is 0. The molecule has 0 rings (SSSR count). The lowest BCUT2D eigenvalue weighted by Gasteiger charge is -2.18. The number of unbranched alkanes of at least 4 members (excludes halogenated alkanes) is 52. The number of carbonyl (C=O) groups is 3. The third kappa shape index (κ3) is 68.4. The van der Waals surface area contributed by atoms with Crippen LogP contribution in [0.15, 0.2) is 36.5 Å². The fourth-order valence-corrected chi connectivity index (χ4v) is 11.3. The molecule has 0 radical (unpaired) electrons. The molecule has 482 valence electrons. The van der Waals surface area contributed by atoms with Gasteiger partial charge in [-0.25, -0.2) is 0 Å². The van der Waals surface area contributed by atoms with Crippen LogP contribution in [0.2, 0.25) is 0 Å². The Morgan fingerprint density at radius 1 is 0.244 bits per heavy atom. The highest BCUT2D eigenvalue weighted by Gasteiger charge is 2.20. The largest absolute Gasteiger partial charge is 0.462 e. The molecule has 0 fully saturated rings. The average Bonchev–Trinajstić information content (AvgIpc) is 3.47. The first-order valence-corrected chi connectivity index (χ1v) is 37.0. The van der Waals surface area contributed by atoms with Crippen LogP contribution in [0.5, 0.6) is 0 Å². The monoisotopic (exact) mass is 1150 g/mol. The van der Waals surface area contributed by atoms with Crippen molar-refractivity contribution in [2.24, 2.45) is 0 Å². The van der Waals surface area contributed by atoms with Crippen molar-refractivity contribution in [1.82, 2.24) is 0 Å². The summed E-state index contributed by atoms with van der Waals surface area (Å²) in [5.74, 6) is -0.840. The minimum absolute atomic E-state index is 0.0656. The molecule has 82 heavy (non-hydrogen) atoms. The molecule has 0 aromatic rings. The lowest BCUT2D eigenvalue weighted by molar-refractivity contribution is -0.167. The third-order valence-corrected chi connectivity index (χ3v) is 16.9. The van der Waals surface area contributed by atoms with Crippen LogP contribution in [-0.4, -0.2) is 37.2 Å². The molecule has 1 unspecified atom stereocenters. The summed E-state index contributed by atoms with van der Waals surface area (Å²) in [6.45, 7) is 6.68. The maximum atomic E-state index is 12.9. The van der Waals surface area contributed by atoms with Gasteiger partial charge in [0.05, 0.1) is 0 Å². The van der Waals surface area contributed by atoms with Crippen molar-refractivity contribution in [3.63, 3.8) is 0 Å². The summed E-state index contributed by atoms with van der Waals surface area (Å²) >= 11 is 0. The molecule has 6 heteroatoms. The summed E-state index contributed by atoms with van der Waals surface area (Å²) in [5, 5.41) is 0. The average molecular weight is 1150 g/mol. The van der Waals surface area contributed by atoms with Gasteiger partial charge in [-0.05, 0) is 57.8 Å². The molecule has 0 amide bonds. The van der Waals surface area contributed by atoms with E-state index in [0.29, 0.717) is 19.3 Å². The Labute approximate surface area is 512 Å². The molecule has 0 aliphatic carbocycles. The van der Waals surface area contributed by atoms with Crippen molar-refractivity contribution in [3.8, 4) is 0 Å². The van der Waals surface area contributed by atoms with Crippen molar-refractivity contribution in [1.29, 1.82) is 0 Å². The van der Waals surface area contributed by atoms with E-state index in [1.54, 1.807) is 0 Å². The summed E-state index contributed by atoms with van der Waals surface area (Å²) in [4.78, 5) is 38.3. The molecule has 0 saturated carbocycles. The Morgan fingerprint density at radius 3 is 0.683 bits per heavy atom. The van der Waals surface area contributed by atoms with E-state index in [-0.39, 0.29) is 31.1 Å². The molecule has 0 heterocycles. The van der Waals surface area contributed by atoms with Gasteiger partial charge < -0.3 is 14.2 Å². The van der Waals surface area contributed by atoms with E-state index in [9.17, 15) is 14.4 Å². The lowest BCUT2D eigenvalue weighted by Crippen LogP contribution is -2.30. The fourth-order valence-electron chi connectivity index (χ4n) is 11.3. The van der Waals surface area contributed by atoms with E-state index in [0.717, 1.165) is 70.6 Å². The SMILES string of the molecule is CCCCCCC/C=C\C/C=C\C/C=C\CCCCCCCCCCCCCCCCCCC(=O)OCC(COC(=O)CCCCCCCCCC)OC(=O)CCCCCCCCCCCCCCCCCCCCCCCCCCC. The quantitative estimate of drug-likeness (QED) is 0.0261. The van der Waals surface area contributed by atoms with Gasteiger partial charge in [0.2, 0.25) is 0 Å². The van der Waals surface area contributed by atoms with Gasteiger partial charge in [0.15, 0.2) is 6.10 Å². The zero-order chi connectivity index (χ0) is 59.2. The second-order valence-corrected chi connectivity index (χ2v) is 25.2. The summed E-state index contributed by atoms with van der Waals surface area (Å²) in [6, 6.07) is 0. The van der Waals surface area contributed by atoms with Crippen molar-refractivity contribution in [3.05, 3.63) is 36.5 Å². The number of allylic oxidation sites excluding steroid dienone is 6. The van der Waals surface area contributed by atoms with Gasteiger partial charge in [-0.15, -0.1) is 0 Å². The molecule has 1 atom stereocenters. The van der Waals surface area contributed by atoms with Gasteiger partial charge in [0, 0.05) is 19.3 Å². The maximum Gasteiger partial charge on any atom is 0.306 e. The lowest BCUT2D eigenvalue weighted by atomic mass is 10.0. The van der Waals surface area contributed by atoms with Gasteiger partial charge >= 0.3 is 17.9 Å². The van der Waals surface area contributed by atoms with Crippen molar-refractivity contribution in [2.75, 3.05) is 13.2 Å². The molecule has 0 spiro atoms. The topological polar surface area (TPSA) is 78.9 Å². The Balaban J connectivity index is 4.03. The van der Waals surface area contributed by atoms with Crippen molar-refractivity contribution >= 4 is 17.9 Å². The zero-order valence-corrected chi connectivity index (χ0v) is 55.5. The van der Waals surface area contributed by atoms with Crippen LogP contribution < -0.4 is 0 Å². The first kappa shape index (κ1) is 79.6. The summed E-state index contributed by atoms with van der Waals surface area (Å²) in [6.07, 6.45) is 89.3. The molecule has 0 aliphatic heterocycles. The van der Waals surface area contributed by atoms with Gasteiger partial charge in [-0.2, -0.15) is 0 Å². The number of hydrogen-bond acceptors (Lipinski definition) is 6. The molecular weight excluding hydrogens is 1010 g/mol. The summed E-state index contributed by atoms with van der Waals surface area (Å²) < 4.78 is 16.9. The molecule has 6 nitrogen and oxygen atoms in total. The Morgan fingerprint density at radius 2 is 0.439 bits per heavy atom. The molecule has 0 aromatic heterocycles. The number of esters is 3. The van der Waals surface area contributed by atoms with E-state index >= 15 is 0 Å². The van der Waals surface area contributed by atoms with E-state index in [1.165, 1.54) is 302 Å². The number of carbonyl (C=O) groups excluding carboxylic acids is 3. The van der Waals surface area contributed by atoms with E-state index < -0.39 is 6.10 Å². The maximum absolute atomic E-state index is 12.9. The second kappa shape index (κ2) is 71.1. The molecule has 0 N–H and O–H groups in total. The van der Waals surface area contributed by atoms with Crippen molar-refractivity contribution in [2.45, 2.75) is 419 Å². The highest BCUT2D eigenvalue weighted by molar-refractivity contribution is 5.71. The first-order chi connectivity index (χ1) is 40.5. The van der Waals surface area contributed by atoms with Gasteiger partial charge in [-0.1, -0.05) is 372 Å². The Hall–Kier alpha value is -2.37. The van der Waals surface area contributed by atoms with E-state index in [4.69, 9.17) is 14.2 Å². The van der Waals surface area contributed by atoms with Crippen LogP contribution >= 0.6 is 0 Å². The van der Waals surface area contributed by atoms with Crippen LogP contribution in [0.4, 0.5) is 0 Å². The van der Waals surface area contributed by atoms with E-state index in [1.807, 2.05) is 0 Å². The fraction of sp³-hybridized carbons (Fsp3) is 0.882. The van der Waals surface area contributed by atoms with Crippen LogP contribution in [0.25, 0.3) is 0 Å². The predicted octanol–water partition coefficient (Wildman–Crippen LogP) is 25.5. The molecular formula is C76H142O6. The van der Waals surface area contributed by atoms with Crippen LogP contribution in [0, 0.1) is 0 Å². The number of rotatable bonds is 69. The van der Waals surface area contributed by atoms with Crippen molar-refractivity contribution < 1.29 is 28.6 Å². The smallest absolute Gasteiger partial charge is 0.306 e. The summed E-state index contributed by atoms with van der Waals surface area (Å²) in [7, 11) is 0. The molecule has 0 aromatic carbocycles. The highest BCUT2D eigenvalue weighted by Crippen LogP contribution is 2.19. The number of ether oxygens (including phenoxy) is 3. The molecule has 0 aliphatic rings. The minimum atomic E-state index is -0.767. The Kier molecular flexibility index (Phi) is 69.1. The molecule has 0 bridgehead atoms. The normalized spacial score (nSPS) is 12.2. The molecule has 0 saturated heterocycles. The highest BCUT2D eigenvalue weighted by atomic mass is 16.6. The Bertz CT molecular complexity index is 1370. The van der Waals surface area contributed by atoms with Crippen LogP contribution in [-0.2, 0) is 28.6 Å². The first-order valence-electron chi connectivity index (χ1n) is 37.0.